The van der Waals surface area contributed by atoms with Crippen LogP contribution in [0, 0.1) is 0 Å². The molecule has 0 saturated carbocycles. The summed E-state index contributed by atoms with van der Waals surface area (Å²) in [5.41, 5.74) is 2.83. The Hall–Kier alpha value is -4.42. The van der Waals surface area contributed by atoms with Gasteiger partial charge in [-0.3, -0.25) is 0 Å². The summed E-state index contributed by atoms with van der Waals surface area (Å²) in [5.74, 6) is 0. The number of hydrogen-bond donors (Lipinski definition) is 0. The summed E-state index contributed by atoms with van der Waals surface area (Å²) in [6.07, 6.45) is 4.77. The Bertz CT molecular complexity index is 2430. The molecule has 0 fully saturated rings. The molecule has 286 valence electrons. The van der Waals surface area contributed by atoms with Crippen LogP contribution in [0.3, 0.4) is 0 Å². The fourth-order valence-corrected chi connectivity index (χ4v) is 25.1. The van der Waals surface area contributed by atoms with Crippen LogP contribution in [-0.4, -0.2) is 12.3 Å². The van der Waals surface area contributed by atoms with Crippen LogP contribution >= 0.6 is 47.2 Å². The molecule has 1 unspecified atom stereocenters. The molecular weight excluding hydrogens is 858 g/mol. The summed E-state index contributed by atoms with van der Waals surface area (Å²) in [5, 5.41) is 12.7. The normalized spacial score (nSPS) is 15.1. The van der Waals surface area contributed by atoms with Gasteiger partial charge in [-0.05, 0) is 0 Å². The van der Waals surface area contributed by atoms with Crippen molar-refractivity contribution in [1.29, 1.82) is 0 Å². The van der Waals surface area contributed by atoms with E-state index in [9.17, 15) is 0 Å². The molecule has 8 aromatic carbocycles. The fourth-order valence-electron chi connectivity index (χ4n) is 10.9. The van der Waals surface area contributed by atoms with Gasteiger partial charge in [0.25, 0.3) is 0 Å². The number of allylic oxidation sites excluding steroid dienone is 1. The van der Waals surface area contributed by atoms with Crippen molar-refractivity contribution >= 4 is 95.1 Å². The van der Waals surface area contributed by atoms with E-state index in [1.54, 1.807) is 0 Å². The second-order valence-electron chi connectivity index (χ2n) is 15.1. The van der Waals surface area contributed by atoms with E-state index >= 15 is 0 Å². The molecule has 4 heteroatoms. The molecule has 0 nitrogen and oxygen atoms in total. The van der Waals surface area contributed by atoms with Crippen LogP contribution in [-0.2, 0) is 0 Å². The molecule has 0 bridgehead atoms. The number of rotatable bonds is 10. The van der Waals surface area contributed by atoms with Gasteiger partial charge in [0.1, 0.15) is 0 Å². The summed E-state index contributed by atoms with van der Waals surface area (Å²) < 4.78 is 0. The average Bonchev–Trinajstić information content (AvgIpc) is 3.28. The monoisotopic (exact) mass is 906 g/mol. The van der Waals surface area contributed by atoms with Crippen molar-refractivity contribution in [2.75, 3.05) is 12.3 Å². The Balaban J connectivity index is 0.00000248. The van der Waals surface area contributed by atoms with E-state index < -0.39 is 13.2 Å². The predicted molar refractivity (Wildman–Crippen MR) is 267 cm³/mol. The molecule has 0 radical (unpaired) electrons. The van der Waals surface area contributed by atoms with Gasteiger partial charge in [-0.15, -0.1) is 34.0 Å². The summed E-state index contributed by atoms with van der Waals surface area (Å²) in [7, 11) is 0. The first kappa shape index (κ1) is 40.8. The van der Waals surface area contributed by atoms with Crippen molar-refractivity contribution in [3.8, 4) is 0 Å². The first-order valence-electron chi connectivity index (χ1n) is 19.7. The predicted octanol–water partition coefficient (Wildman–Crippen LogP) is 12.5. The van der Waals surface area contributed by atoms with Crippen molar-refractivity contribution < 1.29 is 0 Å². The van der Waals surface area contributed by atoms with E-state index in [1.807, 2.05) is 0 Å². The Labute approximate surface area is 360 Å². The molecular formula is C53H50Br2P2. The second-order valence-corrected chi connectivity index (χ2v) is 25.8. The molecule has 0 aromatic heterocycles. The molecule has 0 heterocycles. The maximum atomic E-state index is 2.85. The van der Waals surface area contributed by atoms with Crippen molar-refractivity contribution in [2.45, 2.75) is 19.5 Å². The first-order chi connectivity index (χ1) is 27.1. The van der Waals surface area contributed by atoms with Crippen molar-refractivity contribution in [3.63, 3.8) is 0 Å². The van der Waals surface area contributed by atoms with Crippen molar-refractivity contribution in [1.82, 2.24) is 0 Å². The maximum absolute atomic E-state index is 3.53. The van der Waals surface area contributed by atoms with Gasteiger partial charge in [-0.1, -0.05) is 0 Å². The molecule has 0 amide bonds. The van der Waals surface area contributed by atoms with Gasteiger partial charge in [-0.25, -0.2) is 0 Å². The van der Waals surface area contributed by atoms with E-state index in [-0.39, 0.29) is 39.6 Å². The molecule has 1 atom stereocenters. The standard InChI is InChI=1S/C53H48P2.2BrH/c1-3-54(43-27-11-5-12-28-43,44-29-13-6-14-30-44,45-31-15-7-16-32-45)51-41-52(50-40-24-26-42-25-23-39-49(51)53(42)50)55(4-2,46-33-17-8-18-34-46,47-35-19-9-20-36-47)48-37-21-10-22-38-48;;/h5-41,51H,3-4H2,1-2H3;2*1H. The van der Waals surface area contributed by atoms with Crippen molar-refractivity contribution in [3.05, 3.63) is 236 Å². The third-order valence-corrected chi connectivity index (χ3v) is 27.7. The quantitative estimate of drug-likeness (QED) is 0.120. The molecule has 8 aromatic rings. The van der Waals surface area contributed by atoms with Crippen LogP contribution < -0.4 is 31.8 Å². The van der Waals surface area contributed by atoms with Crippen LogP contribution in [0.25, 0.3) is 16.1 Å². The van der Waals surface area contributed by atoms with Gasteiger partial charge in [0, 0.05) is 0 Å². The molecule has 0 N–H and O–H groups in total. The van der Waals surface area contributed by atoms with Gasteiger partial charge in [0.15, 0.2) is 0 Å². The first-order valence-corrected chi connectivity index (χ1v) is 24.6. The number of hydrogen-bond acceptors (Lipinski definition) is 0. The Morgan fingerprint density at radius 1 is 0.368 bits per heavy atom. The molecule has 57 heavy (non-hydrogen) atoms. The topological polar surface area (TPSA) is 0 Å². The van der Waals surface area contributed by atoms with E-state index in [4.69, 9.17) is 0 Å². The van der Waals surface area contributed by atoms with E-state index in [0.717, 1.165) is 12.3 Å². The molecule has 0 saturated heterocycles. The Kier molecular flexibility index (Phi) is 11.5. The summed E-state index contributed by atoms with van der Waals surface area (Å²) in [4.78, 5) is 0. The minimum atomic E-state index is -3.53. The second kappa shape index (κ2) is 16.1. The van der Waals surface area contributed by atoms with Gasteiger partial charge in [0.05, 0.1) is 0 Å². The SMILES string of the molecule is Br.Br.CCP(C1=CC(P(CC)(c2ccccc2)(c2ccccc2)c2ccccc2)c2cccc3cccc1c23)(c1ccccc1)(c1ccccc1)c1ccccc1. The van der Waals surface area contributed by atoms with Crippen LogP contribution in [0.1, 0.15) is 30.6 Å². The minimum absolute atomic E-state index is 0. The fraction of sp³-hybridized carbons (Fsp3) is 0.0943. The summed E-state index contributed by atoms with van der Waals surface area (Å²) in [6, 6.07) is 83.7. The Morgan fingerprint density at radius 2 is 0.719 bits per heavy atom. The van der Waals surface area contributed by atoms with Gasteiger partial charge in [-0.2, -0.15) is 0 Å². The van der Waals surface area contributed by atoms with E-state index in [2.05, 4.69) is 238 Å². The summed E-state index contributed by atoms with van der Waals surface area (Å²) >= 11 is 0. The zero-order valence-corrected chi connectivity index (χ0v) is 37.8. The van der Waals surface area contributed by atoms with Crippen LogP contribution in [0.15, 0.2) is 224 Å². The third-order valence-electron chi connectivity index (χ3n) is 13.3. The molecule has 0 aliphatic heterocycles. The average molecular weight is 909 g/mol. The zero-order chi connectivity index (χ0) is 37.4. The van der Waals surface area contributed by atoms with E-state index in [0.29, 0.717) is 0 Å². The zero-order valence-electron chi connectivity index (χ0n) is 32.6. The van der Waals surface area contributed by atoms with Crippen molar-refractivity contribution in [2.24, 2.45) is 0 Å². The van der Waals surface area contributed by atoms with E-state index in [1.165, 1.54) is 59.0 Å². The van der Waals surface area contributed by atoms with Crippen LogP contribution in [0.5, 0.6) is 0 Å². The third kappa shape index (κ3) is 5.52. The number of benzene rings is 8. The Morgan fingerprint density at radius 3 is 1.07 bits per heavy atom. The molecule has 9 rings (SSSR count). The summed E-state index contributed by atoms with van der Waals surface area (Å²) in [6.45, 7) is -2.06. The van der Waals surface area contributed by atoms with Crippen LogP contribution in [0.4, 0.5) is 0 Å². The molecule has 0 spiro atoms. The van der Waals surface area contributed by atoms with Crippen LogP contribution in [0.2, 0.25) is 0 Å². The molecule has 1 aliphatic rings. The number of halogens is 2. The van der Waals surface area contributed by atoms with Gasteiger partial charge >= 0.3 is 329 Å². The van der Waals surface area contributed by atoms with Gasteiger partial charge in [0.2, 0.25) is 0 Å². The molecule has 1 aliphatic carbocycles. The van der Waals surface area contributed by atoms with Gasteiger partial charge < -0.3 is 0 Å².